The van der Waals surface area contributed by atoms with E-state index in [1.165, 1.54) is 19.2 Å². The number of halogens is 1. The molecule has 0 unspecified atom stereocenters. The highest BCUT2D eigenvalue weighted by molar-refractivity contribution is 7.89. The molecule has 30 heavy (non-hydrogen) atoms. The van der Waals surface area contributed by atoms with E-state index in [-0.39, 0.29) is 16.2 Å². The van der Waals surface area contributed by atoms with E-state index in [4.69, 9.17) is 21.1 Å². The van der Waals surface area contributed by atoms with Gasteiger partial charge in [0.25, 0.3) is 5.91 Å². The van der Waals surface area contributed by atoms with Crippen LogP contribution >= 0.6 is 11.6 Å². The van der Waals surface area contributed by atoms with E-state index < -0.39 is 34.0 Å². The lowest BCUT2D eigenvalue weighted by atomic mass is 10.1. The zero-order valence-electron chi connectivity index (χ0n) is 17.0. The molecule has 2 aromatic carbocycles. The van der Waals surface area contributed by atoms with E-state index in [2.05, 4.69) is 10.0 Å². The lowest BCUT2D eigenvalue weighted by Gasteiger charge is -2.21. The molecular weight excluding hydrogens is 432 g/mol. The number of esters is 1. The lowest BCUT2D eigenvalue weighted by Crippen LogP contribution is -2.40. The van der Waals surface area contributed by atoms with Crippen LogP contribution in [0.2, 0.25) is 5.02 Å². The van der Waals surface area contributed by atoms with E-state index in [9.17, 15) is 18.0 Å². The number of hydrogen-bond donors (Lipinski definition) is 2. The summed E-state index contributed by atoms with van der Waals surface area (Å²) in [6.45, 7) is 4.51. The Hall–Kier alpha value is -2.62. The maximum atomic E-state index is 12.7. The highest BCUT2D eigenvalue weighted by Crippen LogP contribution is 2.26. The average molecular weight is 455 g/mol. The monoisotopic (exact) mass is 454 g/mol. The SMILES string of the molecule is COc1ccc(C(=O)OCC(=O)Nc2cccc(Cl)c2)cc1S(=O)(=O)NC(C)(C)C. The highest BCUT2D eigenvalue weighted by Gasteiger charge is 2.26. The minimum Gasteiger partial charge on any atom is -0.495 e. The van der Waals surface area contributed by atoms with Crippen molar-refractivity contribution in [2.45, 2.75) is 31.2 Å². The first-order valence-electron chi connectivity index (χ1n) is 8.86. The number of nitrogens with one attached hydrogen (secondary N) is 2. The summed E-state index contributed by atoms with van der Waals surface area (Å²) in [5.74, 6) is -1.35. The molecule has 0 radical (unpaired) electrons. The van der Waals surface area contributed by atoms with Crippen LogP contribution in [-0.4, -0.2) is 39.5 Å². The quantitative estimate of drug-likeness (QED) is 0.621. The summed E-state index contributed by atoms with van der Waals surface area (Å²) in [7, 11) is -2.64. The third-order valence-corrected chi connectivity index (χ3v) is 5.59. The van der Waals surface area contributed by atoms with Crippen molar-refractivity contribution in [1.29, 1.82) is 0 Å². The number of rotatable bonds is 7. The molecule has 0 aliphatic heterocycles. The van der Waals surface area contributed by atoms with Crippen molar-refractivity contribution in [3.8, 4) is 5.75 Å². The lowest BCUT2D eigenvalue weighted by molar-refractivity contribution is -0.119. The molecule has 10 heteroatoms. The number of methoxy groups -OCH3 is 1. The number of hydrogen-bond acceptors (Lipinski definition) is 6. The second-order valence-electron chi connectivity index (χ2n) is 7.36. The second-order valence-corrected chi connectivity index (χ2v) is 9.44. The first kappa shape index (κ1) is 23.7. The molecular formula is C20H23ClN2O6S. The second kappa shape index (κ2) is 9.46. The summed E-state index contributed by atoms with van der Waals surface area (Å²) < 4.78 is 38.0. The zero-order chi connectivity index (χ0) is 22.5. The molecule has 0 saturated carbocycles. The fraction of sp³-hybridized carbons (Fsp3) is 0.300. The van der Waals surface area contributed by atoms with Crippen LogP contribution in [0.3, 0.4) is 0 Å². The van der Waals surface area contributed by atoms with Gasteiger partial charge in [-0.25, -0.2) is 17.9 Å². The van der Waals surface area contributed by atoms with Gasteiger partial charge in [0.15, 0.2) is 6.61 Å². The van der Waals surface area contributed by atoms with Crippen LogP contribution in [0.5, 0.6) is 5.75 Å². The van der Waals surface area contributed by atoms with Crippen molar-refractivity contribution < 1.29 is 27.5 Å². The van der Waals surface area contributed by atoms with Gasteiger partial charge in [-0.15, -0.1) is 0 Å². The van der Waals surface area contributed by atoms with E-state index in [1.54, 1.807) is 45.0 Å². The minimum atomic E-state index is -3.97. The molecule has 0 spiro atoms. The van der Waals surface area contributed by atoms with Crippen molar-refractivity contribution in [2.75, 3.05) is 19.0 Å². The normalized spacial score (nSPS) is 11.6. The molecule has 0 saturated heterocycles. The van der Waals surface area contributed by atoms with Gasteiger partial charge in [0.2, 0.25) is 10.0 Å². The average Bonchev–Trinajstić information content (AvgIpc) is 2.63. The van der Waals surface area contributed by atoms with E-state index in [0.29, 0.717) is 10.7 Å². The van der Waals surface area contributed by atoms with Gasteiger partial charge in [-0.2, -0.15) is 0 Å². The molecule has 162 valence electrons. The number of sulfonamides is 1. The van der Waals surface area contributed by atoms with Gasteiger partial charge in [-0.05, 0) is 57.2 Å². The van der Waals surface area contributed by atoms with Crippen molar-refractivity contribution in [1.82, 2.24) is 4.72 Å². The fourth-order valence-corrected chi connectivity index (χ4v) is 4.25. The van der Waals surface area contributed by atoms with Crippen molar-refractivity contribution in [2.24, 2.45) is 0 Å². The number of amides is 1. The predicted molar refractivity (Wildman–Crippen MR) is 113 cm³/mol. The number of benzene rings is 2. The molecule has 0 aliphatic carbocycles. The highest BCUT2D eigenvalue weighted by atomic mass is 35.5. The summed E-state index contributed by atoms with van der Waals surface area (Å²) in [6.07, 6.45) is 0. The van der Waals surface area contributed by atoms with Crippen LogP contribution in [0.1, 0.15) is 31.1 Å². The summed E-state index contributed by atoms with van der Waals surface area (Å²) >= 11 is 5.85. The van der Waals surface area contributed by atoms with Crippen LogP contribution < -0.4 is 14.8 Å². The Morgan fingerprint density at radius 1 is 1.10 bits per heavy atom. The fourth-order valence-electron chi connectivity index (χ4n) is 2.45. The first-order chi connectivity index (χ1) is 13.9. The van der Waals surface area contributed by atoms with Gasteiger partial charge in [-0.3, -0.25) is 4.79 Å². The molecule has 2 rings (SSSR count). The standard InChI is InChI=1S/C20H23ClN2O6S/c1-20(2,3)23-30(26,27)17-10-13(8-9-16(17)28-4)19(25)29-12-18(24)22-15-7-5-6-14(21)11-15/h5-11,23H,12H2,1-4H3,(H,22,24). The number of carbonyl (C=O) groups excluding carboxylic acids is 2. The molecule has 0 aromatic heterocycles. The van der Waals surface area contributed by atoms with Crippen LogP contribution in [0.25, 0.3) is 0 Å². The molecule has 0 fully saturated rings. The zero-order valence-corrected chi connectivity index (χ0v) is 18.6. The number of carbonyl (C=O) groups is 2. The maximum Gasteiger partial charge on any atom is 0.338 e. The van der Waals surface area contributed by atoms with Gasteiger partial charge in [0.05, 0.1) is 12.7 Å². The van der Waals surface area contributed by atoms with Gasteiger partial charge >= 0.3 is 5.97 Å². The third-order valence-electron chi connectivity index (χ3n) is 3.57. The van der Waals surface area contributed by atoms with E-state index in [1.807, 2.05) is 0 Å². The van der Waals surface area contributed by atoms with Crippen molar-refractivity contribution in [3.05, 3.63) is 53.1 Å². The van der Waals surface area contributed by atoms with E-state index in [0.717, 1.165) is 6.07 Å². The molecule has 0 heterocycles. The van der Waals surface area contributed by atoms with Crippen LogP contribution in [-0.2, 0) is 19.6 Å². The Morgan fingerprint density at radius 2 is 1.80 bits per heavy atom. The van der Waals surface area contributed by atoms with Crippen molar-refractivity contribution >= 4 is 39.2 Å². The van der Waals surface area contributed by atoms with Crippen LogP contribution in [0.4, 0.5) is 5.69 Å². The van der Waals surface area contributed by atoms with Crippen LogP contribution in [0.15, 0.2) is 47.4 Å². The molecule has 0 bridgehead atoms. The topological polar surface area (TPSA) is 111 Å². The van der Waals surface area contributed by atoms with Crippen molar-refractivity contribution in [3.63, 3.8) is 0 Å². The summed E-state index contributed by atoms with van der Waals surface area (Å²) in [6, 6.07) is 10.3. The smallest absolute Gasteiger partial charge is 0.338 e. The Labute approximate surface area is 180 Å². The summed E-state index contributed by atoms with van der Waals surface area (Å²) in [5, 5.41) is 2.99. The molecule has 2 aromatic rings. The van der Waals surface area contributed by atoms with E-state index >= 15 is 0 Å². The predicted octanol–water partition coefficient (Wildman–Crippen LogP) is 3.22. The molecule has 8 nitrogen and oxygen atoms in total. The van der Waals surface area contributed by atoms with Gasteiger partial charge in [0, 0.05) is 16.2 Å². The Kier molecular flexibility index (Phi) is 7.46. The molecule has 0 aliphatic rings. The Bertz CT molecular complexity index is 1050. The van der Waals surface area contributed by atoms with Crippen LogP contribution in [0, 0.1) is 0 Å². The van der Waals surface area contributed by atoms with Gasteiger partial charge in [-0.1, -0.05) is 17.7 Å². The largest absolute Gasteiger partial charge is 0.495 e. The minimum absolute atomic E-state index is 0.0411. The Morgan fingerprint density at radius 3 is 2.40 bits per heavy atom. The molecule has 2 N–H and O–H groups in total. The third kappa shape index (κ3) is 6.72. The first-order valence-corrected chi connectivity index (χ1v) is 10.7. The summed E-state index contributed by atoms with van der Waals surface area (Å²) in [4.78, 5) is 24.1. The molecule has 1 amide bonds. The maximum absolute atomic E-state index is 12.7. The number of anilines is 1. The van der Waals surface area contributed by atoms with Gasteiger partial charge < -0.3 is 14.8 Å². The summed E-state index contributed by atoms with van der Waals surface area (Å²) in [5.41, 5.74) is -0.325. The Balaban J connectivity index is 2.13. The number of ether oxygens (including phenoxy) is 2. The van der Waals surface area contributed by atoms with Gasteiger partial charge in [0.1, 0.15) is 10.6 Å². The molecule has 0 atom stereocenters.